The van der Waals surface area contributed by atoms with E-state index in [-0.39, 0.29) is 17.6 Å². The average molecular weight is 580 g/mol. The van der Waals surface area contributed by atoms with Crippen molar-refractivity contribution in [3.05, 3.63) is 95.5 Å². The summed E-state index contributed by atoms with van der Waals surface area (Å²) in [6.45, 7) is 6.03. The summed E-state index contributed by atoms with van der Waals surface area (Å²) in [5.74, 6) is 1.26. The summed E-state index contributed by atoms with van der Waals surface area (Å²) >= 11 is 0. The van der Waals surface area contributed by atoms with Gasteiger partial charge in [0, 0.05) is 45.0 Å². The van der Waals surface area contributed by atoms with Gasteiger partial charge >= 0.3 is 0 Å². The third-order valence-electron chi connectivity index (χ3n) is 8.39. The molecule has 0 atom stereocenters. The molecule has 0 saturated carbocycles. The first-order valence-electron chi connectivity index (χ1n) is 14.9. The molecule has 0 spiro atoms. The number of piperazine rings is 1. The number of nitrogen functional groups attached to an aromatic ring is 1. The zero-order valence-electron chi connectivity index (χ0n) is 24.4. The van der Waals surface area contributed by atoms with Crippen LogP contribution in [0.15, 0.2) is 77.3 Å². The summed E-state index contributed by atoms with van der Waals surface area (Å²) in [4.78, 5) is 41.1. The molecule has 2 amide bonds. The van der Waals surface area contributed by atoms with E-state index >= 15 is 0 Å². The van der Waals surface area contributed by atoms with E-state index in [9.17, 15) is 9.59 Å². The molecule has 4 aromatic rings. The SMILES string of the molecule is Cc1nc(N2CCC(c3ccccc3)CC2)oc1C(=O)Nc1ccc(N2CCN(C(=O)Cc3ccccc3N)CC2)nc1. The number of hydrogen-bond acceptors (Lipinski definition) is 8. The number of aromatic nitrogens is 2. The number of nitrogens with zero attached hydrogens (tertiary/aromatic N) is 5. The zero-order valence-corrected chi connectivity index (χ0v) is 24.4. The van der Waals surface area contributed by atoms with E-state index < -0.39 is 0 Å². The first kappa shape index (κ1) is 28.3. The van der Waals surface area contributed by atoms with Crippen LogP contribution in [-0.4, -0.2) is 66.0 Å². The summed E-state index contributed by atoms with van der Waals surface area (Å²) in [7, 11) is 0. The van der Waals surface area contributed by atoms with Gasteiger partial charge in [0.05, 0.1) is 24.0 Å². The van der Waals surface area contributed by atoms with Gasteiger partial charge in [-0.2, -0.15) is 4.98 Å². The molecule has 6 rings (SSSR count). The number of benzene rings is 2. The fourth-order valence-electron chi connectivity index (χ4n) is 5.85. The van der Waals surface area contributed by atoms with Crippen molar-refractivity contribution in [3.63, 3.8) is 0 Å². The Hall–Kier alpha value is -4.86. The largest absolute Gasteiger partial charge is 0.418 e. The Morgan fingerprint density at radius 2 is 1.63 bits per heavy atom. The van der Waals surface area contributed by atoms with Gasteiger partial charge in [-0.25, -0.2) is 4.98 Å². The number of piperidine rings is 1. The Morgan fingerprint density at radius 1 is 0.907 bits per heavy atom. The minimum Gasteiger partial charge on any atom is -0.418 e. The molecule has 2 aromatic heterocycles. The van der Waals surface area contributed by atoms with Gasteiger partial charge in [-0.15, -0.1) is 0 Å². The van der Waals surface area contributed by atoms with E-state index in [1.807, 2.05) is 47.4 Å². The van der Waals surface area contributed by atoms with Crippen molar-refractivity contribution in [2.45, 2.75) is 32.1 Å². The van der Waals surface area contributed by atoms with Gasteiger partial charge in [0.25, 0.3) is 11.9 Å². The van der Waals surface area contributed by atoms with E-state index in [1.165, 1.54) is 5.56 Å². The van der Waals surface area contributed by atoms with Crippen molar-refractivity contribution >= 4 is 35.0 Å². The van der Waals surface area contributed by atoms with E-state index in [4.69, 9.17) is 10.2 Å². The third kappa shape index (κ3) is 6.48. The number of amides is 2. The number of pyridine rings is 1. The summed E-state index contributed by atoms with van der Waals surface area (Å²) < 4.78 is 5.96. The summed E-state index contributed by atoms with van der Waals surface area (Å²) in [6, 6.07) is 22.3. The van der Waals surface area contributed by atoms with Crippen LogP contribution in [0.3, 0.4) is 0 Å². The Labute approximate surface area is 251 Å². The summed E-state index contributed by atoms with van der Waals surface area (Å²) in [6.07, 6.45) is 3.97. The number of carbonyl (C=O) groups excluding carboxylic acids is 2. The van der Waals surface area contributed by atoms with Crippen LogP contribution in [0, 0.1) is 6.92 Å². The molecule has 10 heteroatoms. The number of aryl methyl sites for hydroxylation is 1. The molecule has 10 nitrogen and oxygen atoms in total. The molecule has 222 valence electrons. The fourth-order valence-corrected chi connectivity index (χ4v) is 5.85. The van der Waals surface area contributed by atoms with Crippen LogP contribution < -0.4 is 20.9 Å². The molecule has 0 radical (unpaired) electrons. The van der Waals surface area contributed by atoms with Crippen LogP contribution >= 0.6 is 0 Å². The lowest BCUT2D eigenvalue weighted by molar-refractivity contribution is -0.130. The minimum absolute atomic E-state index is 0.0751. The van der Waals surface area contributed by atoms with E-state index in [0.29, 0.717) is 61.6 Å². The van der Waals surface area contributed by atoms with Crippen molar-refractivity contribution in [1.29, 1.82) is 0 Å². The lowest BCUT2D eigenvalue weighted by Crippen LogP contribution is -2.49. The van der Waals surface area contributed by atoms with Crippen LogP contribution in [0.2, 0.25) is 0 Å². The second-order valence-corrected chi connectivity index (χ2v) is 11.2. The van der Waals surface area contributed by atoms with Gasteiger partial charge in [0.1, 0.15) is 5.82 Å². The zero-order chi connectivity index (χ0) is 29.8. The van der Waals surface area contributed by atoms with E-state index in [1.54, 1.807) is 13.1 Å². The first-order valence-corrected chi connectivity index (χ1v) is 14.9. The van der Waals surface area contributed by atoms with Crippen molar-refractivity contribution in [1.82, 2.24) is 14.9 Å². The molecule has 3 N–H and O–H groups in total. The highest BCUT2D eigenvalue weighted by Gasteiger charge is 2.27. The number of nitrogens with one attached hydrogen (secondary N) is 1. The second-order valence-electron chi connectivity index (χ2n) is 11.2. The highest BCUT2D eigenvalue weighted by Crippen LogP contribution is 2.31. The average Bonchev–Trinajstić information content (AvgIpc) is 3.45. The monoisotopic (exact) mass is 579 g/mol. The van der Waals surface area contributed by atoms with Gasteiger partial charge in [-0.05, 0) is 55.0 Å². The Morgan fingerprint density at radius 3 is 2.33 bits per heavy atom. The molecule has 2 saturated heterocycles. The lowest BCUT2D eigenvalue weighted by Gasteiger charge is -2.35. The summed E-state index contributed by atoms with van der Waals surface area (Å²) in [5.41, 5.74) is 10.0. The molecule has 0 bridgehead atoms. The molecular formula is C33H37N7O3. The molecule has 43 heavy (non-hydrogen) atoms. The van der Waals surface area contributed by atoms with E-state index in [2.05, 4.69) is 49.4 Å². The molecule has 2 aliphatic heterocycles. The predicted octanol–water partition coefficient (Wildman–Crippen LogP) is 4.49. The molecule has 4 heterocycles. The molecule has 0 aliphatic carbocycles. The normalized spacial score (nSPS) is 15.9. The van der Waals surface area contributed by atoms with Crippen LogP contribution in [0.5, 0.6) is 0 Å². The smallest absolute Gasteiger partial charge is 0.298 e. The van der Waals surface area contributed by atoms with Gasteiger partial charge in [-0.3, -0.25) is 9.59 Å². The van der Waals surface area contributed by atoms with Gasteiger partial charge in [-0.1, -0.05) is 48.5 Å². The Balaban J connectivity index is 0.999. The Bertz CT molecular complexity index is 1560. The van der Waals surface area contributed by atoms with Crippen molar-refractivity contribution in [3.8, 4) is 0 Å². The maximum absolute atomic E-state index is 13.1. The highest BCUT2D eigenvalue weighted by atomic mass is 16.4. The Kier molecular flexibility index (Phi) is 8.26. The lowest BCUT2D eigenvalue weighted by atomic mass is 9.90. The molecular weight excluding hydrogens is 542 g/mol. The molecule has 0 unspecified atom stereocenters. The topological polar surface area (TPSA) is 121 Å². The van der Waals surface area contributed by atoms with Gasteiger partial charge < -0.3 is 30.2 Å². The molecule has 2 aliphatic rings. The van der Waals surface area contributed by atoms with Crippen molar-refractivity contribution in [2.75, 3.05) is 60.1 Å². The molecule has 2 fully saturated rings. The maximum Gasteiger partial charge on any atom is 0.298 e. The number of oxazole rings is 1. The number of rotatable bonds is 7. The quantitative estimate of drug-likeness (QED) is 0.308. The van der Waals surface area contributed by atoms with Crippen LogP contribution in [0.25, 0.3) is 0 Å². The van der Waals surface area contributed by atoms with Crippen LogP contribution in [0.1, 0.15) is 46.1 Å². The first-order chi connectivity index (χ1) is 20.9. The number of hydrogen-bond donors (Lipinski definition) is 2. The number of nitrogens with two attached hydrogens (primary N) is 1. The highest BCUT2D eigenvalue weighted by molar-refractivity contribution is 6.03. The number of para-hydroxylation sites is 1. The van der Waals surface area contributed by atoms with Gasteiger partial charge in [0.15, 0.2) is 0 Å². The fraction of sp³-hybridized carbons (Fsp3) is 0.333. The third-order valence-corrected chi connectivity index (χ3v) is 8.39. The van der Waals surface area contributed by atoms with Crippen LogP contribution in [-0.2, 0) is 11.2 Å². The number of anilines is 4. The van der Waals surface area contributed by atoms with Crippen LogP contribution in [0.4, 0.5) is 23.2 Å². The van der Waals surface area contributed by atoms with Gasteiger partial charge in [0.2, 0.25) is 11.7 Å². The predicted molar refractivity (Wildman–Crippen MR) is 167 cm³/mol. The van der Waals surface area contributed by atoms with E-state index in [0.717, 1.165) is 37.3 Å². The standard InChI is InChI=1S/C33H37N7O3/c1-23-31(43-33(36-23)40-15-13-25(14-16-40)24-7-3-2-4-8-24)32(42)37-27-11-12-29(35-22-27)38-17-19-39(20-18-38)30(41)21-26-9-5-6-10-28(26)34/h2-12,22,25H,13-21,34H2,1H3,(H,37,42). The molecule has 2 aromatic carbocycles. The summed E-state index contributed by atoms with van der Waals surface area (Å²) in [5, 5.41) is 2.89. The maximum atomic E-state index is 13.1. The minimum atomic E-state index is -0.351. The second kappa shape index (κ2) is 12.6. The van der Waals surface area contributed by atoms with Crippen molar-refractivity contribution in [2.24, 2.45) is 0 Å². The van der Waals surface area contributed by atoms with Crippen molar-refractivity contribution < 1.29 is 14.0 Å². The number of carbonyl (C=O) groups is 2.